The van der Waals surface area contributed by atoms with E-state index in [1.54, 1.807) is 6.07 Å². The van der Waals surface area contributed by atoms with Crippen LogP contribution in [0, 0.1) is 11.3 Å². The first kappa shape index (κ1) is 19.1. The fraction of sp³-hybridized carbons (Fsp3) is 0.118. The third kappa shape index (κ3) is 4.53. The normalized spacial score (nSPS) is 11.3. The molecule has 144 valence electrons. The molecule has 6 nitrogen and oxygen atoms in total. The molecule has 28 heavy (non-hydrogen) atoms. The van der Waals surface area contributed by atoms with Crippen molar-refractivity contribution < 1.29 is 31.4 Å². The van der Waals surface area contributed by atoms with E-state index in [0.717, 1.165) is 12.1 Å². The van der Waals surface area contributed by atoms with Gasteiger partial charge in [-0.15, -0.1) is 18.3 Å². The molecule has 0 aliphatic rings. The summed E-state index contributed by atoms with van der Waals surface area (Å²) in [7, 11) is 0. The SMILES string of the molecule is N#Cc1[nH]nnc1-c1cc(OC(F)(F)F)cc(-c2cccc(OC(F)F)c2)c1. The van der Waals surface area contributed by atoms with E-state index < -0.39 is 18.7 Å². The lowest BCUT2D eigenvalue weighted by Crippen LogP contribution is -2.17. The number of alkyl halides is 5. The van der Waals surface area contributed by atoms with Crippen LogP contribution in [0.2, 0.25) is 0 Å². The van der Waals surface area contributed by atoms with Crippen molar-refractivity contribution in [3.63, 3.8) is 0 Å². The van der Waals surface area contributed by atoms with E-state index >= 15 is 0 Å². The average molecular weight is 396 g/mol. The molecule has 1 N–H and O–H groups in total. The van der Waals surface area contributed by atoms with Gasteiger partial charge >= 0.3 is 13.0 Å². The van der Waals surface area contributed by atoms with E-state index in [-0.39, 0.29) is 33.8 Å². The van der Waals surface area contributed by atoms with Gasteiger partial charge in [0.1, 0.15) is 23.3 Å². The molecule has 11 heteroatoms. The molecule has 0 aliphatic carbocycles. The number of nitriles is 1. The zero-order valence-corrected chi connectivity index (χ0v) is 13.7. The van der Waals surface area contributed by atoms with Crippen molar-refractivity contribution in [1.82, 2.24) is 15.4 Å². The quantitative estimate of drug-likeness (QED) is 0.642. The Morgan fingerprint density at radius 2 is 1.71 bits per heavy atom. The highest BCUT2D eigenvalue weighted by atomic mass is 19.4. The Balaban J connectivity index is 2.11. The number of ether oxygens (including phenoxy) is 2. The summed E-state index contributed by atoms with van der Waals surface area (Å²) >= 11 is 0. The maximum absolute atomic E-state index is 12.7. The predicted molar refractivity (Wildman–Crippen MR) is 85.3 cm³/mol. The van der Waals surface area contributed by atoms with Gasteiger partial charge in [0.15, 0.2) is 5.69 Å². The number of H-pyrrole nitrogens is 1. The van der Waals surface area contributed by atoms with Crippen LogP contribution >= 0.6 is 0 Å². The molecule has 0 spiro atoms. The number of halogens is 5. The third-order valence-electron chi connectivity index (χ3n) is 3.47. The smallest absolute Gasteiger partial charge is 0.435 e. The standard InChI is InChI=1S/C17H9F5N4O2/c18-16(19)27-12-3-1-2-9(5-12)10-4-11(15-14(8-23)24-26-25-15)7-13(6-10)28-17(20,21)22/h1-7,16H,(H,24,25,26). The molecule has 3 aromatic rings. The van der Waals surface area contributed by atoms with Gasteiger partial charge in [-0.25, -0.2) is 5.10 Å². The highest BCUT2D eigenvalue weighted by Crippen LogP contribution is 2.35. The van der Waals surface area contributed by atoms with Gasteiger partial charge in [0.05, 0.1) is 0 Å². The summed E-state index contributed by atoms with van der Waals surface area (Å²) in [4.78, 5) is 0. The summed E-state index contributed by atoms with van der Waals surface area (Å²) in [5.74, 6) is -0.748. The molecule has 0 fully saturated rings. The molecule has 1 aromatic heterocycles. The summed E-state index contributed by atoms with van der Waals surface area (Å²) in [5.41, 5.74) is 0.542. The number of nitrogens with zero attached hydrogens (tertiary/aromatic N) is 3. The molecule has 0 atom stereocenters. The lowest BCUT2D eigenvalue weighted by atomic mass is 10.0. The van der Waals surface area contributed by atoms with Crippen LogP contribution in [0.3, 0.4) is 0 Å². The van der Waals surface area contributed by atoms with E-state index in [9.17, 15) is 22.0 Å². The van der Waals surface area contributed by atoms with Gasteiger partial charge in [0, 0.05) is 5.56 Å². The summed E-state index contributed by atoms with van der Waals surface area (Å²) in [5, 5.41) is 18.6. The van der Waals surface area contributed by atoms with E-state index in [4.69, 9.17) is 5.26 Å². The maximum Gasteiger partial charge on any atom is 0.573 e. The molecule has 0 unspecified atom stereocenters. The second-order valence-electron chi connectivity index (χ2n) is 5.35. The summed E-state index contributed by atoms with van der Waals surface area (Å²) in [6.45, 7) is -3.06. The minimum Gasteiger partial charge on any atom is -0.435 e. The molecule has 1 heterocycles. The Hall–Kier alpha value is -3.68. The van der Waals surface area contributed by atoms with Gasteiger partial charge in [0.2, 0.25) is 0 Å². The van der Waals surface area contributed by atoms with Gasteiger partial charge in [-0.2, -0.15) is 14.0 Å². The van der Waals surface area contributed by atoms with Crippen molar-refractivity contribution >= 4 is 0 Å². The average Bonchev–Trinajstić information content (AvgIpc) is 3.08. The Morgan fingerprint density at radius 1 is 1.00 bits per heavy atom. The van der Waals surface area contributed by atoms with Gasteiger partial charge in [-0.05, 0) is 41.5 Å². The number of aromatic amines is 1. The Labute approximate surface area is 154 Å². The van der Waals surface area contributed by atoms with E-state index in [0.29, 0.717) is 0 Å². The highest BCUT2D eigenvalue weighted by molar-refractivity contribution is 5.75. The fourth-order valence-electron chi connectivity index (χ4n) is 2.45. The first-order valence-electron chi connectivity index (χ1n) is 7.53. The van der Waals surface area contributed by atoms with Crippen molar-refractivity contribution in [3.8, 4) is 40.0 Å². The molecule has 0 radical (unpaired) electrons. The lowest BCUT2D eigenvalue weighted by Gasteiger charge is -2.13. The van der Waals surface area contributed by atoms with Crippen LogP contribution in [0.25, 0.3) is 22.4 Å². The monoisotopic (exact) mass is 396 g/mol. The number of hydrogen-bond donors (Lipinski definition) is 1. The first-order chi connectivity index (χ1) is 13.2. The molecular formula is C17H9F5N4O2. The zero-order chi connectivity index (χ0) is 20.3. The largest absolute Gasteiger partial charge is 0.573 e. The number of hydrogen-bond acceptors (Lipinski definition) is 5. The van der Waals surface area contributed by atoms with Crippen LogP contribution < -0.4 is 9.47 Å². The minimum absolute atomic E-state index is 0.0105. The van der Waals surface area contributed by atoms with Crippen molar-refractivity contribution in [3.05, 3.63) is 48.2 Å². The number of benzene rings is 2. The number of nitrogens with one attached hydrogen (secondary N) is 1. The molecule has 0 amide bonds. The van der Waals surface area contributed by atoms with Gasteiger partial charge in [-0.3, -0.25) is 0 Å². The van der Waals surface area contributed by atoms with E-state index in [1.807, 2.05) is 0 Å². The van der Waals surface area contributed by atoms with E-state index in [2.05, 4.69) is 24.9 Å². The summed E-state index contributed by atoms with van der Waals surface area (Å²) < 4.78 is 71.2. The molecular weight excluding hydrogens is 387 g/mol. The fourth-order valence-corrected chi connectivity index (χ4v) is 2.45. The van der Waals surface area contributed by atoms with Gasteiger partial charge in [-0.1, -0.05) is 17.3 Å². The highest BCUT2D eigenvalue weighted by Gasteiger charge is 2.31. The molecule has 0 aliphatic heterocycles. The maximum atomic E-state index is 12.7. The Kier molecular flexibility index (Phi) is 5.12. The number of aromatic nitrogens is 3. The molecule has 0 saturated heterocycles. The third-order valence-corrected chi connectivity index (χ3v) is 3.47. The summed E-state index contributed by atoms with van der Waals surface area (Å²) in [6.07, 6.45) is -4.96. The molecule has 2 aromatic carbocycles. The molecule has 0 saturated carbocycles. The first-order valence-corrected chi connectivity index (χ1v) is 7.53. The Bertz CT molecular complexity index is 1030. The van der Waals surface area contributed by atoms with Crippen molar-refractivity contribution in [2.45, 2.75) is 13.0 Å². The van der Waals surface area contributed by atoms with Gasteiger partial charge in [0.25, 0.3) is 0 Å². The second-order valence-corrected chi connectivity index (χ2v) is 5.35. The van der Waals surface area contributed by atoms with Gasteiger partial charge < -0.3 is 9.47 Å². The van der Waals surface area contributed by atoms with Crippen LogP contribution in [0.15, 0.2) is 42.5 Å². The zero-order valence-electron chi connectivity index (χ0n) is 13.7. The van der Waals surface area contributed by atoms with Crippen molar-refractivity contribution in [2.75, 3.05) is 0 Å². The van der Waals surface area contributed by atoms with Crippen LogP contribution in [0.5, 0.6) is 11.5 Å². The lowest BCUT2D eigenvalue weighted by molar-refractivity contribution is -0.274. The Morgan fingerprint density at radius 3 is 2.39 bits per heavy atom. The van der Waals surface area contributed by atoms with Crippen LogP contribution in [-0.2, 0) is 0 Å². The minimum atomic E-state index is -4.96. The topological polar surface area (TPSA) is 83.8 Å². The number of rotatable bonds is 5. The molecule has 0 bridgehead atoms. The molecule has 3 rings (SSSR count). The summed E-state index contributed by atoms with van der Waals surface area (Å²) in [6, 6.07) is 10.7. The van der Waals surface area contributed by atoms with Crippen LogP contribution in [0.4, 0.5) is 22.0 Å². The van der Waals surface area contributed by atoms with E-state index in [1.165, 1.54) is 30.3 Å². The second kappa shape index (κ2) is 7.51. The van der Waals surface area contributed by atoms with Crippen LogP contribution in [-0.4, -0.2) is 28.4 Å². The predicted octanol–water partition coefficient (Wildman–Crippen LogP) is 4.51. The van der Waals surface area contributed by atoms with Crippen LogP contribution in [0.1, 0.15) is 5.69 Å². The van der Waals surface area contributed by atoms with Crippen molar-refractivity contribution in [2.24, 2.45) is 0 Å². The van der Waals surface area contributed by atoms with Crippen molar-refractivity contribution in [1.29, 1.82) is 5.26 Å².